The fraction of sp³-hybridized carbons (Fsp3) is 0.812. The van der Waals surface area contributed by atoms with E-state index in [2.05, 4.69) is 15.4 Å². The van der Waals surface area contributed by atoms with Crippen molar-refractivity contribution < 1.29 is 4.79 Å². The van der Waals surface area contributed by atoms with Gasteiger partial charge >= 0.3 is 6.03 Å². The van der Waals surface area contributed by atoms with Crippen molar-refractivity contribution in [1.82, 2.24) is 25.0 Å². The number of piperidine rings is 1. The first-order chi connectivity index (χ1) is 11.1. The zero-order chi connectivity index (χ0) is 16.2. The summed E-state index contributed by atoms with van der Waals surface area (Å²) < 4.78 is 1.98. The Morgan fingerprint density at radius 3 is 2.91 bits per heavy atom. The number of hydrogen-bond donors (Lipinski definition) is 1. The second kappa shape index (κ2) is 7.55. The van der Waals surface area contributed by atoms with Crippen LogP contribution in [0.4, 0.5) is 4.79 Å². The number of rotatable bonds is 4. The highest BCUT2D eigenvalue weighted by molar-refractivity contribution is 7.99. The molecule has 0 spiro atoms. The Bertz CT molecular complexity index is 541. The Morgan fingerprint density at radius 2 is 2.22 bits per heavy atom. The van der Waals surface area contributed by atoms with Gasteiger partial charge < -0.3 is 10.2 Å². The van der Waals surface area contributed by atoms with E-state index in [1.165, 1.54) is 17.9 Å². The molecular weight excluding hydrogens is 310 g/mol. The van der Waals surface area contributed by atoms with Gasteiger partial charge in [0.1, 0.15) is 11.6 Å². The summed E-state index contributed by atoms with van der Waals surface area (Å²) >= 11 is 1.99. The maximum atomic E-state index is 12.4. The molecule has 3 heterocycles. The molecule has 0 aromatic carbocycles. The van der Waals surface area contributed by atoms with E-state index in [4.69, 9.17) is 0 Å². The van der Waals surface area contributed by atoms with Crippen LogP contribution in [0.15, 0.2) is 0 Å². The van der Waals surface area contributed by atoms with Crippen LogP contribution >= 0.6 is 11.8 Å². The van der Waals surface area contributed by atoms with Gasteiger partial charge in [-0.05, 0) is 56.5 Å². The van der Waals surface area contributed by atoms with Gasteiger partial charge in [0.2, 0.25) is 0 Å². The number of urea groups is 1. The Balaban J connectivity index is 1.49. The molecular formula is C16H27N5OS. The van der Waals surface area contributed by atoms with E-state index in [0.717, 1.165) is 50.7 Å². The fourth-order valence-electron chi connectivity index (χ4n) is 3.47. The van der Waals surface area contributed by atoms with E-state index in [0.29, 0.717) is 11.8 Å². The Labute approximate surface area is 142 Å². The highest BCUT2D eigenvalue weighted by atomic mass is 32.2. The third kappa shape index (κ3) is 4.40. The minimum Gasteiger partial charge on any atom is -0.338 e. The van der Waals surface area contributed by atoms with E-state index in [9.17, 15) is 4.79 Å². The number of aromatic nitrogens is 3. The van der Waals surface area contributed by atoms with E-state index in [-0.39, 0.29) is 6.03 Å². The van der Waals surface area contributed by atoms with Gasteiger partial charge in [-0.2, -0.15) is 16.9 Å². The van der Waals surface area contributed by atoms with Crippen molar-refractivity contribution in [2.24, 2.45) is 11.8 Å². The lowest BCUT2D eigenvalue weighted by Crippen LogP contribution is -2.47. The molecule has 2 aliphatic rings. The van der Waals surface area contributed by atoms with Crippen LogP contribution in [-0.2, 0) is 6.54 Å². The average Bonchev–Trinajstić information content (AvgIpc) is 3.15. The summed E-state index contributed by atoms with van der Waals surface area (Å²) in [5.41, 5.74) is 0. The smallest absolute Gasteiger partial charge is 0.317 e. The molecule has 0 aliphatic carbocycles. The molecule has 6 nitrogen and oxygen atoms in total. The molecule has 1 N–H and O–H groups in total. The number of nitrogens with zero attached hydrogens (tertiary/aromatic N) is 4. The summed E-state index contributed by atoms with van der Waals surface area (Å²) in [5, 5.41) is 7.58. The van der Waals surface area contributed by atoms with Crippen molar-refractivity contribution in [3.8, 4) is 0 Å². The molecule has 23 heavy (non-hydrogen) atoms. The second-order valence-electron chi connectivity index (χ2n) is 6.76. The molecule has 2 aliphatic heterocycles. The van der Waals surface area contributed by atoms with Crippen LogP contribution in [0.1, 0.15) is 30.9 Å². The number of aryl methyl sites for hydroxylation is 2. The highest BCUT2D eigenvalue weighted by Gasteiger charge is 2.25. The first-order valence-electron chi connectivity index (χ1n) is 8.60. The average molecular weight is 337 g/mol. The molecule has 7 heteroatoms. The lowest BCUT2D eigenvalue weighted by atomic mass is 9.98. The predicted molar refractivity (Wildman–Crippen MR) is 92.6 cm³/mol. The van der Waals surface area contributed by atoms with Crippen molar-refractivity contribution in [2.45, 2.75) is 39.7 Å². The molecule has 2 amide bonds. The summed E-state index contributed by atoms with van der Waals surface area (Å²) in [6.07, 6.45) is 3.46. The summed E-state index contributed by atoms with van der Waals surface area (Å²) in [6, 6.07) is 0.109. The molecule has 2 saturated heterocycles. The predicted octanol–water partition coefficient (Wildman–Crippen LogP) is 2.07. The zero-order valence-electron chi connectivity index (χ0n) is 14.1. The lowest BCUT2D eigenvalue weighted by Gasteiger charge is -2.33. The molecule has 1 aromatic rings. The Kier molecular flexibility index (Phi) is 5.46. The zero-order valence-corrected chi connectivity index (χ0v) is 14.9. The van der Waals surface area contributed by atoms with Crippen LogP contribution in [0.25, 0.3) is 0 Å². The van der Waals surface area contributed by atoms with E-state index in [1.54, 1.807) is 0 Å². The van der Waals surface area contributed by atoms with Crippen molar-refractivity contribution in [3.63, 3.8) is 0 Å². The van der Waals surface area contributed by atoms with Gasteiger partial charge in [-0.1, -0.05) is 0 Å². The molecule has 0 bridgehead atoms. The summed E-state index contributed by atoms with van der Waals surface area (Å²) in [6.45, 7) is 7.29. The van der Waals surface area contributed by atoms with Crippen molar-refractivity contribution in [3.05, 3.63) is 11.6 Å². The number of nitrogens with one attached hydrogen (secondary N) is 1. The largest absolute Gasteiger partial charge is 0.338 e. The highest BCUT2D eigenvalue weighted by Crippen LogP contribution is 2.23. The molecule has 2 atom stereocenters. The number of hydrogen-bond acceptors (Lipinski definition) is 4. The van der Waals surface area contributed by atoms with Gasteiger partial charge in [0.25, 0.3) is 0 Å². The minimum atomic E-state index is 0.109. The number of carbonyl (C=O) groups excluding carboxylic acids is 1. The van der Waals surface area contributed by atoms with Crippen LogP contribution in [0.2, 0.25) is 0 Å². The molecule has 128 valence electrons. The van der Waals surface area contributed by atoms with Crippen molar-refractivity contribution in [2.75, 3.05) is 31.1 Å². The van der Waals surface area contributed by atoms with E-state index in [1.807, 2.05) is 35.2 Å². The van der Waals surface area contributed by atoms with Crippen LogP contribution in [-0.4, -0.2) is 56.8 Å². The minimum absolute atomic E-state index is 0.109. The lowest BCUT2D eigenvalue weighted by molar-refractivity contribution is 0.156. The third-order valence-corrected chi connectivity index (χ3v) is 6.00. The van der Waals surface area contributed by atoms with Crippen LogP contribution < -0.4 is 5.32 Å². The van der Waals surface area contributed by atoms with Gasteiger partial charge in [-0.3, -0.25) is 0 Å². The summed E-state index contributed by atoms with van der Waals surface area (Å²) in [7, 11) is 0. The monoisotopic (exact) mass is 337 g/mol. The maximum absolute atomic E-state index is 12.4. The van der Waals surface area contributed by atoms with Gasteiger partial charge in [-0.15, -0.1) is 0 Å². The van der Waals surface area contributed by atoms with Gasteiger partial charge in [0, 0.05) is 26.2 Å². The first-order valence-corrected chi connectivity index (χ1v) is 9.76. The van der Waals surface area contributed by atoms with Crippen molar-refractivity contribution in [1.29, 1.82) is 0 Å². The third-order valence-electron chi connectivity index (χ3n) is 4.77. The van der Waals surface area contributed by atoms with Crippen LogP contribution in [0, 0.1) is 25.7 Å². The quantitative estimate of drug-likeness (QED) is 0.913. The van der Waals surface area contributed by atoms with Gasteiger partial charge in [0.15, 0.2) is 0 Å². The molecule has 1 aromatic heterocycles. The molecule has 2 fully saturated rings. The van der Waals surface area contributed by atoms with Gasteiger partial charge in [0.05, 0.1) is 0 Å². The first kappa shape index (κ1) is 16.6. The maximum Gasteiger partial charge on any atom is 0.317 e. The SMILES string of the molecule is Cc1nc(C)n(C[C@@H]2CCCN(C(=O)NC[C@H]3CCSC3)C2)n1. The Morgan fingerprint density at radius 1 is 1.35 bits per heavy atom. The van der Waals surface area contributed by atoms with Crippen LogP contribution in [0.3, 0.4) is 0 Å². The molecule has 3 rings (SSSR count). The molecule has 0 unspecified atom stereocenters. The molecule has 0 saturated carbocycles. The van der Waals surface area contributed by atoms with E-state index < -0.39 is 0 Å². The normalized spacial score (nSPS) is 24.9. The molecule has 0 radical (unpaired) electrons. The van der Waals surface area contributed by atoms with Crippen molar-refractivity contribution >= 4 is 17.8 Å². The van der Waals surface area contributed by atoms with Gasteiger partial charge in [-0.25, -0.2) is 14.5 Å². The number of carbonyl (C=O) groups is 1. The summed E-state index contributed by atoms with van der Waals surface area (Å²) in [5.74, 6) is 5.34. The second-order valence-corrected chi connectivity index (χ2v) is 7.91. The fourth-order valence-corrected chi connectivity index (χ4v) is 4.75. The van der Waals surface area contributed by atoms with E-state index >= 15 is 0 Å². The number of likely N-dealkylation sites (tertiary alicyclic amines) is 1. The topological polar surface area (TPSA) is 63.1 Å². The van der Waals surface area contributed by atoms with Crippen LogP contribution in [0.5, 0.6) is 0 Å². The number of thioether (sulfide) groups is 1. The standard InChI is InChI=1S/C16H27N5OS/c1-12-18-13(2)21(19-12)10-15-4-3-6-20(9-15)16(22)17-8-14-5-7-23-11-14/h14-15H,3-11H2,1-2H3,(H,17,22)/t14-,15-/m1/s1. The Hall–Kier alpha value is -1.24. The number of amides is 2. The summed E-state index contributed by atoms with van der Waals surface area (Å²) in [4.78, 5) is 18.7.